The van der Waals surface area contributed by atoms with Gasteiger partial charge in [0.15, 0.2) is 0 Å². The zero-order valence-electron chi connectivity index (χ0n) is 11.5. The average Bonchev–Trinajstić information content (AvgIpc) is 2.58. The monoisotopic (exact) mass is 281 g/mol. The molecular formula is C12H19F4N3. The molecule has 1 heterocycles. The highest BCUT2D eigenvalue weighted by Crippen LogP contribution is 2.25. The maximum atomic E-state index is 12.8. The molecule has 0 saturated heterocycles. The second-order valence-corrected chi connectivity index (χ2v) is 5.59. The Labute approximate surface area is 110 Å². The van der Waals surface area contributed by atoms with Crippen molar-refractivity contribution >= 4 is 0 Å². The van der Waals surface area contributed by atoms with Gasteiger partial charge in [-0.05, 0) is 0 Å². The molecule has 0 aromatic carbocycles. The molecule has 110 valence electrons. The molecule has 7 heteroatoms. The van der Waals surface area contributed by atoms with Crippen molar-refractivity contribution in [3.63, 3.8) is 0 Å². The van der Waals surface area contributed by atoms with Crippen LogP contribution in [0.2, 0.25) is 0 Å². The van der Waals surface area contributed by atoms with Gasteiger partial charge in [-0.15, -0.1) is 0 Å². The van der Waals surface area contributed by atoms with Gasteiger partial charge >= 0.3 is 12.3 Å². The summed E-state index contributed by atoms with van der Waals surface area (Å²) in [6.45, 7) is 4.89. The summed E-state index contributed by atoms with van der Waals surface area (Å²) in [5.41, 5.74) is 1.27. The van der Waals surface area contributed by atoms with Crippen LogP contribution in [0.15, 0.2) is 6.20 Å². The number of alkyl halides is 4. The van der Waals surface area contributed by atoms with E-state index in [1.54, 1.807) is 17.9 Å². The Hall–Kier alpha value is -1.11. The van der Waals surface area contributed by atoms with Crippen LogP contribution < -0.4 is 5.32 Å². The van der Waals surface area contributed by atoms with Gasteiger partial charge in [0, 0.05) is 30.8 Å². The topological polar surface area (TPSA) is 29.9 Å². The second-order valence-electron chi connectivity index (χ2n) is 5.59. The minimum absolute atomic E-state index is 0.0861. The highest BCUT2D eigenvalue weighted by atomic mass is 19.3. The van der Waals surface area contributed by atoms with Crippen molar-refractivity contribution in [2.24, 2.45) is 7.05 Å². The molecule has 3 nitrogen and oxygen atoms in total. The number of hydrogen-bond donors (Lipinski definition) is 1. The molecule has 0 aliphatic rings. The van der Waals surface area contributed by atoms with Gasteiger partial charge in [-0.25, -0.2) is 8.78 Å². The van der Waals surface area contributed by atoms with E-state index in [-0.39, 0.29) is 12.0 Å². The van der Waals surface area contributed by atoms with Gasteiger partial charge in [0.1, 0.15) is 0 Å². The zero-order chi connectivity index (χ0) is 14.8. The number of nitrogens with zero attached hydrogens (tertiary/aromatic N) is 2. The molecule has 0 aliphatic heterocycles. The van der Waals surface area contributed by atoms with Crippen molar-refractivity contribution in [3.8, 4) is 0 Å². The quantitative estimate of drug-likeness (QED) is 0.841. The van der Waals surface area contributed by atoms with Crippen molar-refractivity contribution in [1.29, 1.82) is 0 Å². The normalized spacial score (nSPS) is 13.3. The number of aromatic nitrogens is 2. The summed E-state index contributed by atoms with van der Waals surface area (Å²) in [5.74, 6) is -4.01. The van der Waals surface area contributed by atoms with Crippen LogP contribution in [-0.4, -0.2) is 28.7 Å². The molecule has 0 unspecified atom stereocenters. The Kier molecular flexibility index (Phi) is 4.60. The van der Waals surface area contributed by atoms with Crippen LogP contribution in [0.3, 0.4) is 0 Å². The minimum Gasteiger partial charge on any atom is -0.307 e. The first kappa shape index (κ1) is 15.9. The zero-order valence-corrected chi connectivity index (χ0v) is 11.5. The number of aryl methyl sites for hydroxylation is 1. The third-order valence-corrected chi connectivity index (χ3v) is 2.61. The van der Waals surface area contributed by atoms with Gasteiger partial charge in [-0.1, -0.05) is 20.8 Å². The van der Waals surface area contributed by atoms with Crippen LogP contribution in [-0.2, 0) is 19.0 Å². The highest BCUT2D eigenvalue weighted by Gasteiger charge is 2.40. The van der Waals surface area contributed by atoms with E-state index in [1.807, 2.05) is 20.8 Å². The molecule has 19 heavy (non-hydrogen) atoms. The lowest BCUT2D eigenvalue weighted by atomic mass is 9.89. The van der Waals surface area contributed by atoms with Crippen molar-refractivity contribution < 1.29 is 17.6 Å². The maximum Gasteiger partial charge on any atom is 0.319 e. The molecule has 0 fully saturated rings. The SMILES string of the molecule is Cn1cc(CNCC(F)(F)C(F)F)c(C(C)(C)C)n1. The molecule has 1 aromatic heterocycles. The first-order valence-electron chi connectivity index (χ1n) is 5.93. The summed E-state index contributed by atoms with van der Waals surface area (Å²) in [6, 6.07) is 0. The van der Waals surface area contributed by atoms with Gasteiger partial charge in [-0.2, -0.15) is 13.9 Å². The Bertz CT molecular complexity index is 421. The molecule has 0 aliphatic carbocycles. The van der Waals surface area contributed by atoms with Gasteiger partial charge < -0.3 is 5.32 Å². The third kappa shape index (κ3) is 4.19. The summed E-state index contributed by atoms with van der Waals surface area (Å²) < 4.78 is 51.1. The fourth-order valence-electron chi connectivity index (χ4n) is 1.74. The Morgan fingerprint density at radius 3 is 2.37 bits per heavy atom. The van der Waals surface area contributed by atoms with Crippen LogP contribution in [0.1, 0.15) is 32.0 Å². The van der Waals surface area contributed by atoms with Crippen LogP contribution in [0.5, 0.6) is 0 Å². The van der Waals surface area contributed by atoms with Gasteiger partial charge in [0.2, 0.25) is 0 Å². The second kappa shape index (κ2) is 5.48. The van der Waals surface area contributed by atoms with E-state index in [0.29, 0.717) is 0 Å². The van der Waals surface area contributed by atoms with Crippen molar-refractivity contribution in [1.82, 2.24) is 15.1 Å². The first-order valence-corrected chi connectivity index (χ1v) is 5.93. The lowest BCUT2D eigenvalue weighted by molar-refractivity contribution is -0.125. The summed E-state index contributed by atoms with van der Waals surface area (Å²) in [4.78, 5) is 0. The largest absolute Gasteiger partial charge is 0.319 e. The molecule has 0 amide bonds. The van der Waals surface area contributed by atoms with Gasteiger partial charge in [-0.3, -0.25) is 4.68 Å². The van der Waals surface area contributed by atoms with Gasteiger partial charge in [0.05, 0.1) is 12.2 Å². The van der Waals surface area contributed by atoms with E-state index >= 15 is 0 Å². The van der Waals surface area contributed by atoms with Crippen LogP contribution in [0.4, 0.5) is 17.6 Å². The van der Waals surface area contributed by atoms with E-state index in [0.717, 1.165) is 11.3 Å². The molecule has 0 atom stereocenters. The Morgan fingerprint density at radius 1 is 1.32 bits per heavy atom. The molecule has 0 radical (unpaired) electrons. The molecule has 0 bridgehead atoms. The van der Waals surface area contributed by atoms with Crippen molar-refractivity contribution in [2.75, 3.05) is 6.54 Å². The summed E-state index contributed by atoms with van der Waals surface area (Å²) in [7, 11) is 1.73. The first-order chi connectivity index (χ1) is 8.54. The molecule has 1 aromatic rings. The lowest BCUT2D eigenvalue weighted by Gasteiger charge is -2.19. The van der Waals surface area contributed by atoms with E-state index < -0.39 is 18.9 Å². The van der Waals surface area contributed by atoms with E-state index in [2.05, 4.69) is 10.4 Å². The van der Waals surface area contributed by atoms with Crippen LogP contribution >= 0.6 is 0 Å². The minimum atomic E-state index is -4.01. The predicted octanol–water partition coefficient (Wildman–Crippen LogP) is 2.71. The fraction of sp³-hybridized carbons (Fsp3) is 0.750. The summed E-state index contributed by atoms with van der Waals surface area (Å²) in [5, 5.41) is 6.64. The van der Waals surface area contributed by atoms with Gasteiger partial charge in [0.25, 0.3) is 0 Å². The molecular weight excluding hydrogens is 262 g/mol. The smallest absolute Gasteiger partial charge is 0.307 e. The van der Waals surface area contributed by atoms with Crippen LogP contribution in [0.25, 0.3) is 0 Å². The molecule has 1 rings (SSSR count). The number of nitrogens with one attached hydrogen (secondary N) is 1. The summed E-state index contributed by atoms with van der Waals surface area (Å²) in [6.07, 6.45) is -1.95. The Morgan fingerprint density at radius 2 is 1.89 bits per heavy atom. The van der Waals surface area contributed by atoms with E-state index in [1.165, 1.54) is 0 Å². The standard InChI is InChI=1S/C12H19F4N3/c1-11(2,3)9-8(6-19(4)18-9)5-17-7-12(15,16)10(13)14/h6,10,17H,5,7H2,1-4H3. The predicted molar refractivity (Wildman–Crippen MR) is 64.6 cm³/mol. The fourth-order valence-corrected chi connectivity index (χ4v) is 1.74. The average molecular weight is 281 g/mol. The number of halogens is 4. The number of hydrogen-bond acceptors (Lipinski definition) is 2. The maximum absolute atomic E-state index is 12.8. The summed E-state index contributed by atoms with van der Waals surface area (Å²) >= 11 is 0. The van der Waals surface area contributed by atoms with Crippen molar-refractivity contribution in [3.05, 3.63) is 17.5 Å². The van der Waals surface area contributed by atoms with Crippen LogP contribution in [0, 0.1) is 0 Å². The number of rotatable bonds is 5. The lowest BCUT2D eigenvalue weighted by Crippen LogP contribution is -2.38. The highest BCUT2D eigenvalue weighted by molar-refractivity contribution is 5.23. The van der Waals surface area contributed by atoms with Crippen molar-refractivity contribution in [2.45, 2.75) is 45.1 Å². The van der Waals surface area contributed by atoms with E-state index in [4.69, 9.17) is 0 Å². The van der Waals surface area contributed by atoms with E-state index in [9.17, 15) is 17.6 Å². The molecule has 1 N–H and O–H groups in total. The molecule has 0 spiro atoms. The third-order valence-electron chi connectivity index (χ3n) is 2.61. The Balaban J connectivity index is 2.69. The molecule has 0 saturated carbocycles.